The van der Waals surface area contributed by atoms with Crippen LogP contribution in [0.1, 0.15) is 114 Å². The van der Waals surface area contributed by atoms with Crippen molar-refractivity contribution in [2.75, 3.05) is 58.9 Å². The van der Waals surface area contributed by atoms with Crippen LogP contribution in [0.2, 0.25) is 0 Å². The van der Waals surface area contributed by atoms with Crippen LogP contribution in [0.3, 0.4) is 0 Å². The second kappa shape index (κ2) is 26.2. The lowest BCUT2D eigenvalue weighted by molar-refractivity contribution is -0.256. The van der Waals surface area contributed by atoms with Crippen LogP contribution < -0.4 is 36.6 Å². The van der Waals surface area contributed by atoms with Crippen LogP contribution in [-0.2, 0) is 75.0 Å². The molecule has 4 heterocycles. The lowest BCUT2D eigenvalue weighted by Crippen LogP contribution is -2.55. The second-order valence-corrected chi connectivity index (χ2v) is 22.1. The third-order valence-electron chi connectivity index (χ3n) is 16.1. The molecule has 28 heteroatoms. The zero-order valence-electron chi connectivity index (χ0n) is 48.2. The third-order valence-corrected chi connectivity index (χ3v) is 16.1. The zero-order chi connectivity index (χ0) is 61.9. The number of phenols is 2. The van der Waals surface area contributed by atoms with Crippen molar-refractivity contribution in [1.29, 1.82) is 0 Å². The number of rotatable bonds is 21. The summed E-state index contributed by atoms with van der Waals surface area (Å²) in [4.78, 5) is 134. The highest BCUT2D eigenvalue weighted by Crippen LogP contribution is 2.53. The van der Waals surface area contributed by atoms with E-state index in [4.69, 9.17) is 33.2 Å². The summed E-state index contributed by atoms with van der Waals surface area (Å²) in [6, 6.07) is 8.31. The maximum atomic E-state index is 14.3. The Bertz CT molecular complexity index is 3180. The lowest BCUT2D eigenvalue weighted by atomic mass is 9.72. The molecule has 0 aromatic heterocycles. The van der Waals surface area contributed by atoms with Crippen molar-refractivity contribution in [1.82, 2.24) is 36.4 Å². The number of aliphatic hydroxyl groups is 1. The molecule has 462 valence electrons. The maximum Gasteiger partial charge on any atom is 0.407 e. The molecular weight excluding hydrogens is 1130 g/mol. The number of phenolic OH excluding ortho intramolecular Hbond substituents is 2. The number of likely N-dealkylation sites (tertiary alicyclic amines) is 1. The molecule has 3 aromatic carbocycles. The van der Waals surface area contributed by atoms with Gasteiger partial charge in [-0.2, -0.15) is 0 Å². The van der Waals surface area contributed by atoms with Gasteiger partial charge in [-0.1, -0.05) is 38.1 Å². The molecule has 0 bridgehead atoms. The number of ether oxygens (including phenoxy) is 7. The first-order valence-electron chi connectivity index (χ1n) is 28.3. The minimum absolute atomic E-state index is 0.0538. The van der Waals surface area contributed by atoms with Gasteiger partial charge in [-0.15, -0.1) is 0 Å². The van der Waals surface area contributed by atoms with E-state index in [1.165, 1.54) is 39.3 Å². The summed E-state index contributed by atoms with van der Waals surface area (Å²) in [6.07, 6.45) is -6.66. The van der Waals surface area contributed by atoms with Gasteiger partial charge in [0, 0.05) is 100 Å². The van der Waals surface area contributed by atoms with Gasteiger partial charge in [0.05, 0.1) is 49.2 Å². The molecule has 2 aliphatic carbocycles. The topological polar surface area (TPSA) is 375 Å². The summed E-state index contributed by atoms with van der Waals surface area (Å²) >= 11 is 0. The van der Waals surface area contributed by atoms with E-state index >= 15 is 0 Å². The van der Waals surface area contributed by atoms with E-state index in [0.717, 1.165) is 4.90 Å². The smallest absolute Gasteiger partial charge is 0.407 e. The number of nitrogens with one attached hydrogen (secondary N) is 6. The quantitative estimate of drug-likeness (QED) is 0.0310. The highest BCUT2D eigenvalue weighted by Gasteiger charge is 2.55. The fourth-order valence-electron chi connectivity index (χ4n) is 11.6. The number of ketones is 2. The Hall–Kier alpha value is -8.12. The minimum atomic E-state index is -2.46. The molecule has 9 N–H and O–H groups in total. The van der Waals surface area contributed by atoms with Gasteiger partial charge in [0.15, 0.2) is 24.6 Å². The van der Waals surface area contributed by atoms with Gasteiger partial charge in [-0.25, -0.2) is 4.79 Å². The Kier molecular flexibility index (Phi) is 19.0. The summed E-state index contributed by atoms with van der Waals surface area (Å²) < 4.78 is 41.2. The number of carbonyl (C=O) groups is 10. The normalized spacial score (nSPS) is 24.7. The predicted molar refractivity (Wildman–Crippen MR) is 296 cm³/mol. The van der Waals surface area contributed by atoms with Crippen molar-refractivity contribution in [2.45, 2.75) is 134 Å². The number of benzene rings is 3. The van der Waals surface area contributed by atoms with Gasteiger partial charge < -0.3 is 80.4 Å². The number of nitrogens with zero attached hydrogens (tertiary/aromatic N) is 2. The zero-order valence-corrected chi connectivity index (χ0v) is 48.2. The van der Waals surface area contributed by atoms with E-state index in [9.17, 15) is 63.3 Å². The van der Waals surface area contributed by atoms with Crippen LogP contribution >= 0.6 is 0 Å². The van der Waals surface area contributed by atoms with Crippen molar-refractivity contribution in [3.63, 3.8) is 0 Å². The minimum Gasteiger partial charge on any atom is -0.507 e. The highest BCUT2D eigenvalue weighted by atomic mass is 16.7. The molecule has 8 amide bonds. The van der Waals surface area contributed by atoms with Crippen molar-refractivity contribution in [3.8, 4) is 17.2 Å². The molecular formula is C58H70N8O20. The predicted octanol–water partition coefficient (Wildman–Crippen LogP) is 0.432. The van der Waals surface area contributed by atoms with Crippen LogP contribution in [0.15, 0.2) is 42.5 Å². The number of morpholine rings is 1. The Morgan fingerprint density at radius 2 is 1.53 bits per heavy atom. The number of amides is 8. The summed E-state index contributed by atoms with van der Waals surface area (Å²) in [5.74, 6) is -7.65. The van der Waals surface area contributed by atoms with Crippen LogP contribution in [0.5, 0.6) is 17.2 Å². The third kappa shape index (κ3) is 13.0. The number of hydrogen-bond acceptors (Lipinski definition) is 21. The average Bonchev–Trinajstić information content (AvgIpc) is 0.913. The molecule has 4 aliphatic heterocycles. The second-order valence-electron chi connectivity index (χ2n) is 22.1. The molecule has 6 aliphatic rings. The van der Waals surface area contributed by atoms with Crippen molar-refractivity contribution < 1.29 is 96.4 Å². The molecule has 0 spiro atoms. The van der Waals surface area contributed by atoms with Gasteiger partial charge >= 0.3 is 6.09 Å². The van der Waals surface area contributed by atoms with Crippen LogP contribution in [-0.4, -0.2) is 192 Å². The highest BCUT2D eigenvalue weighted by molar-refractivity contribution is 6.31. The first-order valence-corrected chi connectivity index (χ1v) is 28.3. The van der Waals surface area contributed by atoms with Crippen LogP contribution in [0, 0.1) is 5.92 Å². The SMILES string of the molecule is COc1cccc2c1C(=O)c1c(O)c3c(c(O)c1C2=O)C[C@@](O)(C(=O)NCC(=O)NCCNC(=O)OCc1ccc(NC(=O)[C@H](C)NC(=O)[C@@H](NC(=O)CCN2C(=O)CCC2=O)C(C)C)cc1)C[C@@H]3O[C@H]1C[C@H]2[C@H](O[C@@H]3[C@@H](OC)OCCN32)[C@H](C)O1. The number of imide groups is 1. The number of anilines is 1. The molecule has 4 fully saturated rings. The monoisotopic (exact) mass is 1200 g/mol. The van der Waals surface area contributed by atoms with E-state index in [1.54, 1.807) is 45.0 Å². The molecule has 10 atom stereocenters. The molecule has 0 radical (unpaired) electrons. The van der Waals surface area contributed by atoms with Gasteiger partial charge in [-0.3, -0.25) is 53.0 Å². The molecule has 28 nitrogen and oxygen atoms in total. The van der Waals surface area contributed by atoms with E-state index in [-0.39, 0.29) is 104 Å². The number of fused-ring (bicyclic) bond motifs is 6. The van der Waals surface area contributed by atoms with Gasteiger partial charge in [0.25, 0.3) is 5.91 Å². The first kappa shape index (κ1) is 62.4. The van der Waals surface area contributed by atoms with Crippen molar-refractivity contribution >= 4 is 64.7 Å². The molecule has 0 saturated carbocycles. The Morgan fingerprint density at radius 3 is 2.23 bits per heavy atom. The van der Waals surface area contributed by atoms with Gasteiger partial charge in [0.2, 0.25) is 41.2 Å². The average molecular weight is 1200 g/mol. The molecule has 3 aromatic rings. The summed E-state index contributed by atoms with van der Waals surface area (Å²) in [7, 11) is 2.82. The van der Waals surface area contributed by atoms with E-state index < -0.39 is 144 Å². The van der Waals surface area contributed by atoms with Gasteiger partial charge in [0.1, 0.15) is 47.6 Å². The molecule has 9 rings (SSSR count). The largest absolute Gasteiger partial charge is 0.507 e. The Balaban J connectivity index is 0.757. The van der Waals surface area contributed by atoms with Crippen molar-refractivity contribution in [3.05, 3.63) is 81.4 Å². The maximum absolute atomic E-state index is 14.3. The lowest BCUT2D eigenvalue weighted by Gasteiger charge is -2.43. The Labute approximate surface area is 493 Å². The molecule has 4 saturated heterocycles. The fraction of sp³-hybridized carbons (Fsp3) is 0.517. The van der Waals surface area contributed by atoms with E-state index in [1.807, 2.05) is 0 Å². The van der Waals surface area contributed by atoms with Gasteiger partial charge in [-0.05, 0) is 43.5 Å². The standard InChI is InChI=1S/C58H70N8O20/c1-27(2)46(64-37(67)16-19-66-39(69)14-15-40(66)70)53(76)62-28(3)52(75)63-31-12-10-30(11-13-31)26-83-57(78)60-18-17-59-38(68)25-61-56(77)58(79)23-33-43(50(74)45-44(48(33)72)47(71)32-8-7-9-35(80-5)42(32)49(45)73)36(24-58)85-41-22-34-51(29(4)84-41)86-54-55(81-6)82-21-20-65(34)54/h7-13,27-29,34,36,41,46,51,54-55,72,74,79H,14-26H2,1-6H3,(H,59,68)(H,60,78)(H,61,77)(H,62,76)(H,63,75)(H,64,67)/t28-,29-,34-,36-,41-,46-,51+,54+,55-,58-/m0/s1. The van der Waals surface area contributed by atoms with E-state index in [0.29, 0.717) is 24.4 Å². The first-order chi connectivity index (χ1) is 41.0. The van der Waals surface area contributed by atoms with E-state index in [2.05, 4.69) is 36.8 Å². The summed E-state index contributed by atoms with van der Waals surface area (Å²) in [6.45, 7) is 6.36. The molecule has 0 unspecified atom stereocenters. The number of aromatic hydroxyl groups is 2. The Morgan fingerprint density at radius 1 is 0.826 bits per heavy atom. The van der Waals surface area contributed by atoms with Crippen LogP contribution in [0.4, 0.5) is 10.5 Å². The van der Waals surface area contributed by atoms with Crippen molar-refractivity contribution in [2.24, 2.45) is 5.92 Å². The number of methoxy groups -OCH3 is 2. The summed E-state index contributed by atoms with van der Waals surface area (Å²) in [5, 5.41) is 51.7. The number of alkyl carbamates (subject to hydrolysis) is 1. The number of hydrogen-bond donors (Lipinski definition) is 9. The summed E-state index contributed by atoms with van der Waals surface area (Å²) in [5.41, 5.74) is -3.26. The number of carbonyl (C=O) groups excluding carboxylic acids is 10. The van der Waals surface area contributed by atoms with Crippen LogP contribution in [0.25, 0.3) is 0 Å². The fourth-order valence-corrected chi connectivity index (χ4v) is 11.6. The molecule has 86 heavy (non-hydrogen) atoms.